The largest absolute Gasteiger partial charge is 0.320 e. The van der Waals surface area contributed by atoms with Crippen LogP contribution in [0, 0.1) is 11.6 Å². The van der Waals surface area contributed by atoms with Crippen LogP contribution < -0.4 is 5.73 Å². The number of aromatic nitrogens is 3. The van der Waals surface area contributed by atoms with E-state index in [1.165, 1.54) is 16.8 Å². The van der Waals surface area contributed by atoms with E-state index in [9.17, 15) is 8.78 Å². The summed E-state index contributed by atoms with van der Waals surface area (Å²) in [5, 5.41) is 7.79. The average molecular weight is 252 g/mol. The maximum Gasteiger partial charge on any atom is 0.131 e. The Balaban J connectivity index is 2.21. The molecular weight excluding hydrogens is 238 g/mol. The van der Waals surface area contributed by atoms with E-state index >= 15 is 0 Å². The first kappa shape index (κ1) is 12.6. The third-order valence-corrected chi connectivity index (χ3v) is 2.55. The lowest BCUT2D eigenvalue weighted by atomic mass is 10.0. The predicted octanol–water partition coefficient (Wildman–Crippen LogP) is 1.80. The summed E-state index contributed by atoms with van der Waals surface area (Å²) >= 11 is 0. The minimum Gasteiger partial charge on any atom is -0.320 e. The van der Waals surface area contributed by atoms with Crippen molar-refractivity contribution in [2.45, 2.75) is 25.9 Å². The Hall–Kier alpha value is -1.82. The molecule has 18 heavy (non-hydrogen) atoms. The summed E-state index contributed by atoms with van der Waals surface area (Å²) in [6.45, 7) is 3.80. The van der Waals surface area contributed by atoms with Crippen LogP contribution in [0.1, 0.15) is 25.1 Å². The average Bonchev–Trinajstić information content (AvgIpc) is 2.70. The highest BCUT2D eigenvalue weighted by molar-refractivity contribution is 5.19. The number of nitrogens with zero attached hydrogens (tertiary/aromatic N) is 3. The van der Waals surface area contributed by atoms with E-state index in [1.54, 1.807) is 20.0 Å². The maximum absolute atomic E-state index is 13.5. The van der Waals surface area contributed by atoms with E-state index in [2.05, 4.69) is 10.3 Å². The van der Waals surface area contributed by atoms with Crippen LogP contribution in [0.2, 0.25) is 0 Å². The lowest BCUT2D eigenvalue weighted by Crippen LogP contribution is -2.29. The van der Waals surface area contributed by atoms with Crippen molar-refractivity contribution in [2.24, 2.45) is 5.73 Å². The van der Waals surface area contributed by atoms with Gasteiger partial charge >= 0.3 is 0 Å². The summed E-state index contributed by atoms with van der Waals surface area (Å²) in [5.41, 5.74) is 6.24. The zero-order valence-corrected chi connectivity index (χ0v) is 10.2. The molecule has 6 heteroatoms. The molecule has 0 bridgehead atoms. The summed E-state index contributed by atoms with van der Waals surface area (Å²) in [6.07, 6.45) is 1.66. The van der Waals surface area contributed by atoms with Crippen LogP contribution >= 0.6 is 0 Å². The van der Waals surface area contributed by atoms with Crippen LogP contribution in [0.3, 0.4) is 0 Å². The topological polar surface area (TPSA) is 56.7 Å². The first-order valence-electron chi connectivity index (χ1n) is 5.49. The summed E-state index contributed by atoms with van der Waals surface area (Å²) < 4.78 is 27.7. The molecule has 0 saturated heterocycles. The van der Waals surface area contributed by atoms with Crippen molar-refractivity contribution in [3.8, 4) is 0 Å². The second-order valence-corrected chi connectivity index (χ2v) is 4.76. The minimum atomic E-state index is -0.598. The quantitative estimate of drug-likeness (QED) is 0.906. The van der Waals surface area contributed by atoms with E-state index in [0.717, 1.165) is 6.07 Å². The van der Waals surface area contributed by atoms with Gasteiger partial charge in [-0.15, -0.1) is 5.10 Å². The summed E-state index contributed by atoms with van der Waals surface area (Å²) in [5.74, 6) is -1.20. The van der Waals surface area contributed by atoms with Crippen LogP contribution in [-0.2, 0) is 12.1 Å². The molecule has 96 valence electrons. The first-order valence-corrected chi connectivity index (χ1v) is 5.49. The normalized spacial score (nSPS) is 11.8. The van der Waals surface area contributed by atoms with Crippen molar-refractivity contribution in [2.75, 3.05) is 0 Å². The molecule has 0 fully saturated rings. The number of nitrogens with two attached hydrogens (primary N) is 1. The van der Waals surface area contributed by atoms with Crippen LogP contribution in [0.5, 0.6) is 0 Å². The van der Waals surface area contributed by atoms with Gasteiger partial charge < -0.3 is 5.73 Å². The van der Waals surface area contributed by atoms with Gasteiger partial charge in [0.05, 0.1) is 18.3 Å². The number of benzene rings is 1. The number of rotatable bonds is 3. The molecule has 2 rings (SSSR count). The van der Waals surface area contributed by atoms with Crippen molar-refractivity contribution >= 4 is 0 Å². The molecule has 0 aliphatic rings. The monoisotopic (exact) mass is 252 g/mol. The van der Waals surface area contributed by atoms with Crippen LogP contribution in [0.25, 0.3) is 0 Å². The fraction of sp³-hybridized carbons (Fsp3) is 0.333. The molecule has 0 unspecified atom stereocenters. The highest BCUT2D eigenvalue weighted by Gasteiger charge is 2.18. The van der Waals surface area contributed by atoms with Crippen molar-refractivity contribution in [1.29, 1.82) is 0 Å². The van der Waals surface area contributed by atoms with Gasteiger partial charge in [0.15, 0.2) is 0 Å². The number of hydrogen-bond acceptors (Lipinski definition) is 3. The predicted molar refractivity (Wildman–Crippen MR) is 62.7 cm³/mol. The highest BCUT2D eigenvalue weighted by Crippen LogP contribution is 2.14. The molecule has 4 nitrogen and oxygen atoms in total. The van der Waals surface area contributed by atoms with Gasteiger partial charge in [-0.05, 0) is 19.9 Å². The van der Waals surface area contributed by atoms with E-state index in [0.29, 0.717) is 11.3 Å². The lowest BCUT2D eigenvalue weighted by molar-refractivity contribution is 0.533. The van der Waals surface area contributed by atoms with E-state index in [1.807, 2.05) is 0 Å². The fourth-order valence-electron chi connectivity index (χ4n) is 1.50. The Bertz CT molecular complexity index is 557. The van der Waals surface area contributed by atoms with Crippen molar-refractivity contribution in [3.05, 3.63) is 47.3 Å². The second-order valence-electron chi connectivity index (χ2n) is 4.76. The SMILES string of the molecule is CC(C)(N)c1cn(Cc2ccc(F)cc2F)nn1. The third kappa shape index (κ3) is 2.70. The molecule has 0 aliphatic heterocycles. The molecule has 0 aliphatic carbocycles. The van der Waals surface area contributed by atoms with Gasteiger partial charge in [-0.1, -0.05) is 11.3 Å². The Labute approximate surface area is 103 Å². The standard InChI is InChI=1S/C12H14F2N4/c1-12(2,15)11-7-18(17-16-11)6-8-3-4-9(13)5-10(8)14/h3-5,7H,6,15H2,1-2H3. The van der Waals surface area contributed by atoms with Gasteiger partial charge in [0.2, 0.25) is 0 Å². The zero-order valence-electron chi connectivity index (χ0n) is 10.2. The molecule has 1 aromatic carbocycles. The van der Waals surface area contributed by atoms with Crippen molar-refractivity contribution < 1.29 is 8.78 Å². The molecule has 2 aromatic rings. The Morgan fingerprint density at radius 2 is 2.06 bits per heavy atom. The Kier molecular flexibility index (Phi) is 3.13. The molecule has 2 N–H and O–H groups in total. The second kappa shape index (κ2) is 4.45. The summed E-state index contributed by atoms with van der Waals surface area (Å²) in [4.78, 5) is 0. The van der Waals surface area contributed by atoms with Gasteiger partial charge in [0.25, 0.3) is 0 Å². The van der Waals surface area contributed by atoms with Crippen LogP contribution in [0.4, 0.5) is 8.78 Å². The third-order valence-electron chi connectivity index (χ3n) is 2.55. The lowest BCUT2D eigenvalue weighted by Gasteiger charge is -2.13. The molecule has 1 heterocycles. The Morgan fingerprint density at radius 1 is 1.33 bits per heavy atom. The molecule has 0 amide bonds. The maximum atomic E-state index is 13.5. The van der Waals surface area contributed by atoms with Gasteiger partial charge in [0, 0.05) is 11.6 Å². The number of halogens is 2. The zero-order chi connectivity index (χ0) is 13.3. The van der Waals surface area contributed by atoms with Gasteiger partial charge in [0.1, 0.15) is 17.3 Å². The molecular formula is C12H14F2N4. The van der Waals surface area contributed by atoms with Gasteiger partial charge in [-0.3, -0.25) is 0 Å². The summed E-state index contributed by atoms with van der Waals surface area (Å²) in [7, 11) is 0. The molecule has 0 saturated carbocycles. The smallest absolute Gasteiger partial charge is 0.131 e. The van der Waals surface area contributed by atoms with Crippen LogP contribution in [0.15, 0.2) is 24.4 Å². The number of hydrogen-bond donors (Lipinski definition) is 1. The van der Waals surface area contributed by atoms with Gasteiger partial charge in [-0.25, -0.2) is 13.5 Å². The van der Waals surface area contributed by atoms with Gasteiger partial charge in [-0.2, -0.15) is 0 Å². The molecule has 0 atom stereocenters. The highest BCUT2D eigenvalue weighted by atomic mass is 19.1. The fourth-order valence-corrected chi connectivity index (χ4v) is 1.50. The van der Waals surface area contributed by atoms with E-state index < -0.39 is 17.2 Å². The minimum absolute atomic E-state index is 0.190. The molecule has 0 radical (unpaired) electrons. The van der Waals surface area contributed by atoms with Crippen molar-refractivity contribution in [3.63, 3.8) is 0 Å². The molecule has 1 aromatic heterocycles. The summed E-state index contributed by atoms with van der Waals surface area (Å²) in [6, 6.07) is 3.45. The first-order chi connectivity index (χ1) is 8.36. The molecule has 0 spiro atoms. The Morgan fingerprint density at radius 3 is 2.61 bits per heavy atom. The van der Waals surface area contributed by atoms with Crippen LogP contribution in [-0.4, -0.2) is 15.0 Å². The van der Waals surface area contributed by atoms with Crippen molar-refractivity contribution in [1.82, 2.24) is 15.0 Å². The van der Waals surface area contributed by atoms with E-state index in [4.69, 9.17) is 5.73 Å². The van der Waals surface area contributed by atoms with E-state index in [-0.39, 0.29) is 6.54 Å².